The van der Waals surface area contributed by atoms with Crippen LogP contribution in [0.2, 0.25) is 19.6 Å². The standard InChI is InChI=1S/C14H21NOSi/c1-12(13-8-6-5-7-9-13)15-14(16)10-11-17(2,3)4/h5-12H,1-4H3,(H,15,16)/b11-10+. The molecule has 0 aliphatic heterocycles. The molecule has 1 amide bonds. The van der Waals surface area contributed by atoms with Gasteiger partial charge in [0.05, 0.1) is 14.1 Å². The van der Waals surface area contributed by atoms with Gasteiger partial charge in [-0.1, -0.05) is 55.7 Å². The van der Waals surface area contributed by atoms with Gasteiger partial charge in [-0.3, -0.25) is 4.79 Å². The number of rotatable bonds is 4. The average Bonchev–Trinajstić information content (AvgIpc) is 2.27. The van der Waals surface area contributed by atoms with Gasteiger partial charge in [-0.05, 0) is 18.6 Å². The van der Waals surface area contributed by atoms with Crippen molar-refractivity contribution >= 4 is 14.0 Å². The highest BCUT2D eigenvalue weighted by Gasteiger charge is 2.10. The van der Waals surface area contributed by atoms with E-state index in [4.69, 9.17) is 0 Å². The monoisotopic (exact) mass is 247 g/mol. The minimum Gasteiger partial charge on any atom is -0.346 e. The number of carbonyl (C=O) groups excluding carboxylic acids is 1. The Hall–Kier alpha value is -1.35. The lowest BCUT2D eigenvalue weighted by molar-refractivity contribution is -0.117. The molecule has 1 N–H and O–H groups in total. The van der Waals surface area contributed by atoms with E-state index in [2.05, 4.69) is 30.7 Å². The Morgan fingerprint density at radius 3 is 2.35 bits per heavy atom. The van der Waals surface area contributed by atoms with Gasteiger partial charge >= 0.3 is 0 Å². The van der Waals surface area contributed by atoms with Crippen molar-refractivity contribution in [1.29, 1.82) is 0 Å². The van der Waals surface area contributed by atoms with Crippen LogP contribution in [0.3, 0.4) is 0 Å². The van der Waals surface area contributed by atoms with Gasteiger partial charge < -0.3 is 5.32 Å². The van der Waals surface area contributed by atoms with E-state index < -0.39 is 8.07 Å². The third-order valence-corrected chi connectivity index (χ3v) is 3.56. The Bertz CT molecular complexity index is 392. The lowest BCUT2D eigenvalue weighted by Crippen LogP contribution is -2.26. The molecule has 1 aromatic rings. The van der Waals surface area contributed by atoms with Gasteiger partial charge in [-0.2, -0.15) is 0 Å². The third-order valence-electron chi connectivity index (χ3n) is 2.39. The smallest absolute Gasteiger partial charge is 0.243 e. The minimum atomic E-state index is -1.29. The molecule has 0 bridgehead atoms. The lowest BCUT2D eigenvalue weighted by atomic mass is 10.1. The second kappa shape index (κ2) is 5.82. The largest absolute Gasteiger partial charge is 0.346 e. The van der Waals surface area contributed by atoms with E-state index >= 15 is 0 Å². The van der Waals surface area contributed by atoms with E-state index in [0.717, 1.165) is 5.56 Å². The van der Waals surface area contributed by atoms with E-state index in [1.54, 1.807) is 6.08 Å². The summed E-state index contributed by atoms with van der Waals surface area (Å²) >= 11 is 0. The number of amides is 1. The maximum absolute atomic E-state index is 11.7. The summed E-state index contributed by atoms with van der Waals surface area (Å²) in [5.41, 5.74) is 3.18. The van der Waals surface area contributed by atoms with Gasteiger partial charge in [0.15, 0.2) is 0 Å². The summed E-state index contributed by atoms with van der Waals surface area (Å²) in [6.07, 6.45) is 1.67. The highest BCUT2D eigenvalue weighted by atomic mass is 28.3. The average molecular weight is 247 g/mol. The molecule has 0 aliphatic rings. The molecular formula is C14H21NOSi. The van der Waals surface area contributed by atoms with Crippen molar-refractivity contribution < 1.29 is 4.79 Å². The second-order valence-electron chi connectivity index (χ2n) is 5.34. The molecule has 0 radical (unpaired) electrons. The Morgan fingerprint density at radius 1 is 1.24 bits per heavy atom. The Kier molecular flexibility index (Phi) is 4.69. The van der Waals surface area contributed by atoms with Crippen LogP contribution in [0.25, 0.3) is 0 Å². The highest BCUT2D eigenvalue weighted by Crippen LogP contribution is 2.11. The van der Waals surface area contributed by atoms with E-state index in [9.17, 15) is 4.79 Å². The van der Waals surface area contributed by atoms with Crippen molar-refractivity contribution in [3.05, 3.63) is 47.7 Å². The maximum atomic E-state index is 11.7. The fourth-order valence-electron chi connectivity index (χ4n) is 1.41. The van der Waals surface area contributed by atoms with E-state index in [0.29, 0.717) is 0 Å². The Morgan fingerprint density at radius 2 is 1.82 bits per heavy atom. The molecule has 0 aromatic heterocycles. The van der Waals surface area contributed by atoms with Crippen molar-refractivity contribution in [1.82, 2.24) is 5.32 Å². The zero-order valence-electron chi connectivity index (χ0n) is 11.0. The molecule has 0 aliphatic carbocycles. The van der Waals surface area contributed by atoms with E-state index in [-0.39, 0.29) is 11.9 Å². The molecule has 0 saturated carbocycles. The summed E-state index contributed by atoms with van der Waals surface area (Å²) in [6, 6.07) is 10.0. The van der Waals surface area contributed by atoms with Gasteiger partial charge in [0.2, 0.25) is 5.91 Å². The van der Waals surface area contributed by atoms with Crippen molar-refractivity contribution in [2.75, 3.05) is 0 Å². The van der Waals surface area contributed by atoms with Crippen molar-refractivity contribution in [2.45, 2.75) is 32.6 Å². The van der Waals surface area contributed by atoms with Crippen LogP contribution >= 0.6 is 0 Å². The first kappa shape index (κ1) is 13.7. The van der Waals surface area contributed by atoms with E-state index in [1.807, 2.05) is 37.3 Å². The number of nitrogens with one attached hydrogen (secondary N) is 1. The molecular weight excluding hydrogens is 226 g/mol. The van der Waals surface area contributed by atoms with Crippen LogP contribution in [0.1, 0.15) is 18.5 Å². The zero-order valence-corrected chi connectivity index (χ0v) is 12.0. The number of benzene rings is 1. The second-order valence-corrected chi connectivity index (χ2v) is 10.4. The topological polar surface area (TPSA) is 29.1 Å². The van der Waals surface area contributed by atoms with Crippen molar-refractivity contribution in [3.8, 4) is 0 Å². The summed E-state index contributed by atoms with van der Waals surface area (Å²) in [7, 11) is -1.29. The first-order valence-corrected chi connectivity index (χ1v) is 9.51. The van der Waals surface area contributed by atoms with Crippen LogP contribution in [-0.2, 0) is 4.79 Å². The van der Waals surface area contributed by atoms with Gasteiger partial charge in [-0.25, -0.2) is 0 Å². The number of hydrogen-bond acceptors (Lipinski definition) is 1. The molecule has 1 rings (SSSR count). The number of hydrogen-bond donors (Lipinski definition) is 1. The molecule has 0 heterocycles. The molecule has 1 aromatic carbocycles. The van der Waals surface area contributed by atoms with Crippen LogP contribution < -0.4 is 5.32 Å². The van der Waals surface area contributed by atoms with Crippen LogP contribution in [-0.4, -0.2) is 14.0 Å². The first-order chi connectivity index (χ1) is 7.88. The SMILES string of the molecule is CC(NC(=O)/C=C/[Si](C)(C)C)c1ccccc1. The zero-order chi connectivity index (χ0) is 12.9. The van der Waals surface area contributed by atoms with Crippen LogP contribution in [0.5, 0.6) is 0 Å². The Labute approximate surface area is 105 Å². The fraction of sp³-hybridized carbons (Fsp3) is 0.357. The molecule has 2 nitrogen and oxygen atoms in total. The quantitative estimate of drug-likeness (QED) is 0.642. The summed E-state index contributed by atoms with van der Waals surface area (Å²) in [4.78, 5) is 11.7. The normalized spacial score (nSPS) is 13.6. The summed E-state index contributed by atoms with van der Waals surface area (Å²) < 4.78 is 0. The number of carbonyl (C=O) groups is 1. The fourth-order valence-corrected chi connectivity index (χ4v) is 2.06. The molecule has 1 atom stereocenters. The van der Waals surface area contributed by atoms with Crippen molar-refractivity contribution in [2.24, 2.45) is 0 Å². The first-order valence-electron chi connectivity index (χ1n) is 5.93. The van der Waals surface area contributed by atoms with Gasteiger partial charge in [0.1, 0.15) is 0 Å². The molecule has 3 heteroatoms. The van der Waals surface area contributed by atoms with Crippen LogP contribution in [0, 0.1) is 0 Å². The lowest BCUT2D eigenvalue weighted by Gasteiger charge is -2.13. The van der Waals surface area contributed by atoms with Gasteiger partial charge in [0.25, 0.3) is 0 Å². The van der Waals surface area contributed by atoms with Crippen molar-refractivity contribution in [3.63, 3.8) is 0 Å². The maximum Gasteiger partial charge on any atom is 0.243 e. The minimum absolute atomic E-state index is 0.0104. The molecule has 17 heavy (non-hydrogen) atoms. The summed E-state index contributed by atoms with van der Waals surface area (Å²) in [6.45, 7) is 8.61. The highest BCUT2D eigenvalue weighted by molar-refractivity contribution is 6.81. The molecule has 92 valence electrons. The summed E-state index contributed by atoms with van der Waals surface area (Å²) in [5.74, 6) is -0.0104. The third kappa shape index (κ3) is 5.50. The van der Waals surface area contributed by atoms with Gasteiger partial charge in [0, 0.05) is 0 Å². The molecule has 0 spiro atoms. The molecule has 0 fully saturated rings. The molecule has 0 saturated heterocycles. The summed E-state index contributed by atoms with van der Waals surface area (Å²) in [5, 5.41) is 2.97. The van der Waals surface area contributed by atoms with E-state index in [1.165, 1.54) is 0 Å². The predicted octanol–water partition coefficient (Wildman–Crippen LogP) is 3.30. The predicted molar refractivity (Wildman–Crippen MR) is 75.5 cm³/mol. The van der Waals surface area contributed by atoms with Crippen LogP contribution in [0.15, 0.2) is 42.1 Å². The van der Waals surface area contributed by atoms with Gasteiger partial charge in [-0.15, -0.1) is 0 Å². The molecule has 1 unspecified atom stereocenters. The van der Waals surface area contributed by atoms with Crippen LogP contribution in [0.4, 0.5) is 0 Å². The Balaban J connectivity index is 2.56.